The van der Waals surface area contributed by atoms with E-state index in [0.717, 1.165) is 63.5 Å². The first-order chi connectivity index (χ1) is 17.2. The molecule has 0 bridgehead atoms. The summed E-state index contributed by atoms with van der Waals surface area (Å²) in [5, 5.41) is 13.9. The van der Waals surface area contributed by atoms with Crippen molar-refractivity contribution in [1.29, 1.82) is 0 Å². The Morgan fingerprint density at radius 3 is 2.06 bits per heavy atom. The van der Waals surface area contributed by atoms with Gasteiger partial charge in [0.2, 0.25) is 11.8 Å². The van der Waals surface area contributed by atoms with E-state index in [1.54, 1.807) is 0 Å². The van der Waals surface area contributed by atoms with Gasteiger partial charge in [0.05, 0.1) is 0 Å². The first-order valence-corrected chi connectivity index (χ1v) is 12.9. The van der Waals surface area contributed by atoms with E-state index >= 15 is 0 Å². The van der Waals surface area contributed by atoms with Crippen LogP contribution < -0.4 is 16.4 Å². The van der Waals surface area contributed by atoms with E-state index in [0.29, 0.717) is 25.8 Å². The molecule has 0 spiro atoms. The average molecular weight is 510 g/mol. The van der Waals surface area contributed by atoms with E-state index in [1.165, 1.54) is 0 Å². The fourth-order valence-corrected chi connectivity index (χ4v) is 4.27. The third-order valence-electron chi connectivity index (χ3n) is 6.37. The lowest BCUT2D eigenvalue weighted by Gasteiger charge is -2.20. The second-order valence-corrected chi connectivity index (χ2v) is 9.40. The zero-order valence-corrected chi connectivity index (χ0v) is 20.7. The van der Waals surface area contributed by atoms with Gasteiger partial charge >= 0.3 is 17.9 Å². The third kappa shape index (κ3) is 11.7. The number of hydrogen-bond acceptors (Lipinski definition) is 8. The van der Waals surface area contributed by atoms with Crippen molar-refractivity contribution < 1.29 is 38.6 Å². The lowest BCUT2D eigenvalue weighted by Crippen LogP contribution is -2.42. The van der Waals surface area contributed by atoms with Gasteiger partial charge in [-0.25, -0.2) is 4.79 Å². The molecule has 0 unspecified atom stereocenters. The van der Waals surface area contributed by atoms with Gasteiger partial charge < -0.3 is 30.9 Å². The molecule has 0 aromatic carbocycles. The number of carbonyl (C=O) groups excluding carboxylic acids is 4. The van der Waals surface area contributed by atoms with Gasteiger partial charge in [-0.2, -0.15) is 0 Å². The molecule has 2 aliphatic rings. The van der Waals surface area contributed by atoms with Gasteiger partial charge in [-0.1, -0.05) is 0 Å². The Morgan fingerprint density at radius 2 is 1.44 bits per heavy atom. The lowest BCUT2D eigenvalue weighted by molar-refractivity contribution is -0.154. The van der Waals surface area contributed by atoms with Crippen molar-refractivity contribution in [3.63, 3.8) is 0 Å². The molecule has 11 heteroatoms. The second kappa shape index (κ2) is 15.9. The Morgan fingerprint density at radius 1 is 0.861 bits per heavy atom. The molecular weight excluding hydrogens is 470 g/mol. The van der Waals surface area contributed by atoms with Crippen LogP contribution >= 0.6 is 0 Å². The van der Waals surface area contributed by atoms with Gasteiger partial charge in [-0.05, 0) is 77.0 Å². The fraction of sp³-hybridized carbons (Fsp3) is 0.720. The summed E-state index contributed by atoms with van der Waals surface area (Å²) >= 11 is 0. The zero-order chi connectivity index (χ0) is 26.3. The number of carboxylic acid groups (broad SMARTS) is 1. The van der Waals surface area contributed by atoms with Crippen LogP contribution in [0, 0.1) is 0 Å². The molecule has 0 aromatic rings. The number of unbranched alkanes of at least 4 members (excludes halogenated alkanes) is 1. The van der Waals surface area contributed by atoms with Crippen LogP contribution in [0.5, 0.6) is 0 Å². The number of ether oxygens (including phenoxy) is 2. The van der Waals surface area contributed by atoms with Crippen molar-refractivity contribution in [1.82, 2.24) is 10.6 Å². The number of carboxylic acids is 1. The molecular formula is C25H39N3O8. The minimum Gasteiger partial charge on any atom is -0.480 e. The van der Waals surface area contributed by atoms with Crippen molar-refractivity contribution in [3.8, 4) is 0 Å². The first-order valence-electron chi connectivity index (χ1n) is 12.9. The number of nitrogens with one attached hydrogen (secondary N) is 2. The molecule has 2 saturated carbocycles. The standard InChI is InChI=1S/C25H39N3O8/c26-19(24(32)33)11-5-6-16-27-21(29)13-14-22(30)28-20(25(34)36-18-9-3-4-10-18)12-15-23(31)35-17-7-1-2-8-17/h13-14,17-20H,1-12,15-16,26H2,(H,27,29)(H,28,30)(H,32,33)/b14-13+/t19-,20-/m0/s1. The summed E-state index contributed by atoms with van der Waals surface area (Å²) in [4.78, 5) is 59.9. The minimum atomic E-state index is -1.07. The van der Waals surface area contributed by atoms with E-state index in [9.17, 15) is 24.0 Å². The van der Waals surface area contributed by atoms with Crippen LogP contribution in [-0.2, 0) is 33.4 Å². The average Bonchev–Trinajstić information content (AvgIpc) is 3.54. The van der Waals surface area contributed by atoms with E-state index < -0.39 is 41.8 Å². The van der Waals surface area contributed by atoms with E-state index in [-0.39, 0.29) is 25.0 Å². The van der Waals surface area contributed by atoms with Crippen LogP contribution in [0.3, 0.4) is 0 Å². The third-order valence-corrected chi connectivity index (χ3v) is 6.37. The fourth-order valence-electron chi connectivity index (χ4n) is 4.27. The molecule has 2 rings (SSSR count). The molecule has 202 valence electrons. The highest BCUT2D eigenvalue weighted by atomic mass is 16.5. The Labute approximate surface area is 211 Å². The number of hydrogen-bond donors (Lipinski definition) is 4. The molecule has 2 fully saturated rings. The van der Waals surface area contributed by atoms with Crippen LogP contribution in [0.25, 0.3) is 0 Å². The highest BCUT2D eigenvalue weighted by Crippen LogP contribution is 2.23. The molecule has 0 saturated heterocycles. The molecule has 2 aliphatic carbocycles. The van der Waals surface area contributed by atoms with Gasteiger partial charge in [0, 0.05) is 25.1 Å². The summed E-state index contributed by atoms with van der Waals surface area (Å²) in [6, 6.07) is -1.96. The topological polar surface area (TPSA) is 174 Å². The monoisotopic (exact) mass is 509 g/mol. The molecule has 0 heterocycles. The van der Waals surface area contributed by atoms with Crippen molar-refractivity contribution in [2.75, 3.05) is 6.54 Å². The van der Waals surface area contributed by atoms with Crippen molar-refractivity contribution >= 4 is 29.7 Å². The molecule has 0 aromatic heterocycles. The minimum absolute atomic E-state index is 0.0308. The predicted octanol–water partition coefficient (Wildman–Crippen LogP) is 1.48. The summed E-state index contributed by atoms with van der Waals surface area (Å²) in [7, 11) is 0. The summed E-state index contributed by atoms with van der Waals surface area (Å²) in [6.45, 7) is 0.302. The molecule has 0 radical (unpaired) electrons. The van der Waals surface area contributed by atoms with Crippen LogP contribution in [0.15, 0.2) is 12.2 Å². The van der Waals surface area contributed by atoms with Crippen molar-refractivity contribution in [3.05, 3.63) is 12.2 Å². The Balaban J connectivity index is 1.78. The Bertz CT molecular complexity index is 788. The van der Waals surface area contributed by atoms with Gasteiger partial charge in [-0.15, -0.1) is 0 Å². The van der Waals surface area contributed by atoms with Crippen LogP contribution in [-0.4, -0.2) is 65.7 Å². The predicted molar refractivity (Wildman–Crippen MR) is 129 cm³/mol. The highest BCUT2D eigenvalue weighted by Gasteiger charge is 2.28. The second-order valence-electron chi connectivity index (χ2n) is 9.40. The zero-order valence-electron chi connectivity index (χ0n) is 20.7. The molecule has 2 amide bonds. The maximum absolute atomic E-state index is 12.7. The lowest BCUT2D eigenvalue weighted by atomic mass is 10.1. The summed E-state index contributed by atoms with van der Waals surface area (Å²) in [5.41, 5.74) is 5.42. The summed E-state index contributed by atoms with van der Waals surface area (Å²) < 4.78 is 11.0. The summed E-state index contributed by atoms with van der Waals surface area (Å²) in [6.07, 6.45) is 10.5. The van der Waals surface area contributed by atoms with Gasteiger partial charge in [-0.3, -0.25) is 19.2 Å². The van der Waals surface area contributed by atoms with Gasteiger partial charge in [0.1, 0.15) is 24.3 Å². The number of rotatable bonds is 15. The number of carbonyl (C=O) groups is 5. The number of amides is 2. The number of nitrogens with two attached hydrogens (primary N) is 1. The van der Waals surface area contributed by atoms with Gasteiger partial charge in [0.25, 0.3) is 0 Å². The summed E-state index contributed by atoms with van der Waals surface area (Å²) in [5.74, 6) is -3.23. The van der Waals surface area contributed by atoms with E-state index in [1.807, 2.05) is 0 Å². The Kier molecular flexibility index (Phi) is 13.0. The molecule has 5 N–H and O–H groups in total. The smallest absolute Gasteiger partial charge is 0.328 e. The number of aliphatic carboxylic acids is 1. The maximum Gasteiger partial charge on any atom is 0.328 e. The van der Waals surface area contributed by atoms with Crippen LogP contribution in [0.4, 0.5) is 0 Å². The quantitative estimate of drug-likeness (QED) is 0.145. The van der Waals surface area contributed by atoms with Crippen molar-refractivity contribution in [2.45, 2.75) is 108 Å². The highest BCUT2D eigenvalue weighted by molar-refractivity contribution is 5.98. The Hall–Kier alpha value is -2.95. The normalized spacial score (nSPS) is 18.0. The molecule has 0 aliphatic heterocycles. The van der Waals surface area contributed by atoms with Crippen LogP contribution in [0.1, 0.15) is 83.5 Å². The molecule has 2 atom stereocenters. The molecule has 11 nitrogen and oxygen atoms in total. The SMILES string of the molecule is N[C@@H](CCCCNC(=O)/C=C/C(=O)N[C@@H](CCC(=O)OC1CCCC1)C(=O)OC1CCCC1)C(=O)O. The maximum atomic E-state index is 12.7. The van der Waals surface area contributed by atoms with Crippen LogP contribution in [0.2, 0.25) is 0 Å². The van der Waals surface area contributed by atoms with E-state index in [2.05, 4.69) is 10.6 Å². The van der Waals surface area contributed by atoms with Crippen molar-refractivity contribution in [2.24, 2.45) is 5.73 Å². The molecule has 36 heavy (non-hydrogen) atoms. The largest absolute Gasteiger partial charge is 0.480 e. The number of esters is 2. The van der Waals surface area contributed by atoms with Gasteiger partial charge in [0.15, 0.2) is 0 Å². The first kappa shape index (κ1) is 29.3. The van der Waals surface area contributed by atoms with E-state index in [4.69, 9.17) is 20.3 Å².